The number of nitrogens with zero attached hydrogens (tertiary/aromatic N) is 1. The second kappa shape index (κ2) is 42.2. The molecule has 2 aromatic rings. The molecule has 1 aromatic heterocycles. The molecule has 2 fully saturated rings. The zero-order valence-corrected chi connectivity index (χ0v) is 52.6. The van der Waals surface area contributed by atoms with Gasteiger partial charge in [0.25, 0.3) is 0 Å². The number of anilines is 1. The summed E-state index contributed by atoms with van der Waals surface area (Å²) in [6, 6.07) is 6.31. The van der Waals surface area contributed by atoms with Crippen molar-refractivity contribution < 1.29 is 72.8 Å². The maximum absolute atomic E-state index is 13.9. The van der Waals surface area contributed by atoms with Crippen molar-refractivity contribution in [3.8, 4) is 0 Å². The highest BCUT2D eigenvalue weighted by atomic mass is 16.8. The van der Waals surface area contributed by atoms with Crippen molar-refractivity contribution in [3.05, 3.63) is 40.2 Å². The minimum Gasteiger partial charge on any atom is -0.463 e. The number of rotatable bonds is 46. The molecule has 0 amide bonds. The number of ether oxygens (including phenoxy) is 6. The van der Waals surface area contributed by atoms with Gasteiger partial charge in [-0.15, -0.1) is 0 Å². The first kappa shape index (κ1) is 72.8. The van der Waals surface area contributed by atoms with Crippen LogP contribution in [0.2, 0.25) is 0 Å². The minimum atomic E-state index is -1.94. The number of aliphatic hydroxyl groups is 5. The Kier molecular flexibility index (Phi) is 36.6. The highest BCUT2D eigenvalue weighted by Crippen LogP contribution is 2.33. The molecule has 482 valence electrons. The summed E-state index contributed by atoms with van der Waals surface area (Å²) in [6.45, 7) is 7.80. The Morgan fingerprint density at radius 2 is 0.905 bits per heavy atom. The maximum Gasteiger partial charge on any atom is 0.336 e. The van der Waals surface area contributed by atoms with Gasteiger partial charge in [0.05, 0.1) is 6.42 Å². The number of aliphatic hydroxyl groups excluding tert-OH is 5. The van der Waals surface area contributed by atoms with Crippen LogP contribution < -0.4 is 10.5 Å². The van der Waals surface area contributed by atoms with Gasteiger partial charge in [-0.25, -0.2) is 4.79 Å². The normalized spacial score (nSPS) is 22.7. The predicted molar refractivity (Wildman–Crippen MR) is 327 cm³/mol. The van der Waals surface area contributed by atoms with Gasteiger partial charge >= 0.3 is 23.5 Å². The minimum absolute atomic E-state index is 0.0970. The number of carbonyl (C=O) groups is 3. The lowest BCUT2D eigenvalue weighted by atomic mass is 9.91. The van der Waals surface area contributed by atoms with E-state index in [1.54, 1.807) is 18.2 Å². The van der Waals surface area contributed by atoms with Gasteiger partial charge in [-0.1, -0.05) is 207 Å². The Hall–Kier alpha value is -3.68. The molecule has 17 nitrogen and oxygen atoms in total. The van der Waals surface area contributed by atoms with Crippen LogP contribution in [0.5, 0.6) is 0 Å². The van der Waals surface area contributed by atoms with E-state index in [0.717, 1.165) is 114 Å². The molecule has 3 heterocycles. The summed E-state index contributed by atoms with van der Waals surface area (Å²) >= 11 is 0. The Balaban J connectivity index is 1.50. The second-order valence-electron chi connectivity index (χ2n) is 24.6. The number of unbranched alkanes of at least 4 members (excludes halogenated alkanes) is 24. The Bertz CT molecular complexity index is 2120. The van der Waals surface area contributed by atoms with Gasteiger partial charge in [-0.05, 0) is 55.2 Å². The van der Waals surface area contributed by atoms with Gasteiger partial charge in [0, 0.05) is 50.1 Å². The van der Waals surface area contributed by atoms with Crippen molar-refractivity contribution >= 4 is 34.6 Å². The number of benzene rings is 1. The number of esters is 3. The molecule has 5 N–H and O–H groups in total. The first-order chi connectivity index (χ1) is 40.6. The van der Waals surface area contributed by atoms with Crippen molar-refractivity contribution in [3.63, 3.8) is 0 Å². The van der Waals surface area contributed by atoms with E-state index in [1.165, 1.54) is 103 Å². The third-order valence-electron chi connectivity index (χ3n) is 17.1. The zero-order chi connectivity index (χ0) is 61.1. The molecule has 84 heavy (non-hydrogen) atoms. The monoisotopic (exact) mass is 1190 g/mol. The molecular weight excluding hydrogens is 1070 g/mol. The Morgan fingerprint density at radius 1 is 0.500 bits per heavy atom. The fourth-order valence-electron chi connectivity index (χ4n) is 11.8. The summed E-state index contributed by atoms with van der Waals surface area (Å²) in [7, 11) is 3.65. The summed E-state index contributed by atoms with van der Waals surface area (Å²) in [5, 5.41) is 57.6. The summed E-state index contributed by atoms with van der Waals surface area (Å²) in [4.78, 5) is 55.7. The second-order valence-corrected chi connectivity index (χ2v) is 24.6. The number of carbonyl (C=O) groups excluding carboxylic acids is 3. The third kappa shape index (κ3) is 27.2. The molecule has 2 saturated heterocycles. The van der Waals surface area contributed by atoms with Crippen LogP contribution in [-0.2, 0) is 49.2 Å². The van der Waals surface area contributed by atoms with Gasteiger partial charge in [-0.2, -0.15) is 0 Å². The SMILES string of the molecule is CCCCCCCCCC(CCCCCCCCC)CC(=O)OC[C@H]1O[C@H](O[C@H]2O[C@H](COC(=O)CC(CCCCCCCCC)CCCCCCCCC)[C@@H](O)[C@H](O)[C@H]2OC(=O)Cc2cc(=O)oc3cc(N(C)C)ccc23)[C@H](O)[C@@H](O)[C@@H]1O. The molecule has 17 heteroatoms. The van der Waals surface area contributed by atoms with Gasteiger partial charge in [0.15, 0.2) is 12.4 Å². The van der Waals surface area contributed by atoms with Gasteiger partial charge in [-0.3, -0.25) is 14.4 Å². The van der Waals surface area contributed by atoms with Crippen molar-refractivity contribution in [1.29, 1.82) is 0 Å². The molecular formula is C67H113NO16. The number of hydrogen-bond donors (Lipinski definition) is 5. The highest BCUT2D eigenvalue weighted by molar-refractivity contribution is 5.87. The smallest absolute Gasteiger partial charge is 0.336 e. The third-order valence-corrected chi connectivity index (χ3v) is 17.1. The molecule has 0 spiro atoms. The quantitative estimate of drug-likeness (QED) is 0.0179. The average Bonchev–Trinajstić information content (AvgIpc) is 2.22. The lowest BCUT2D eigenvalue weighted by Gasteiger charge is -2.45. The van der Waals surface area contributed by atoms with Crippen LogP contribution in [0.25, 0.3) is 11.0 Å². The lowest BCUT2D eigenvalue weighted by Crippen LogP contribution is -2.64. The van der Waals surface area contributed by atoms with E-state index in [4.69, 9.17) is 32.8 Å². The van der Waals surface area contributed by atoms with Crippen molar-refractivity contribution in [1.82, 2.24) is 0 Å². The summed E-state index contributed by atoms with van der Waals surface area (Å²) < 4.78 is 41.2. The van der Waals surface area contributed by atoms with E-state index in [0.29, 0.717) is 5.39 Å². The molecule has 2 aliphatic rings. The van der Waals surface area contributed by atoms with Gasteiger partial charge in [0.2, 0.25) is 6.29 Å². The fourth-order valence-corrected chi connectivity index (χ4v) is 11.8. The van der Waals surface area contributed by atoms with Crippen molar-refractivity contribution in [2.75, 3.05) is 32.2 Å². The fraction of sp³-hybridized carbons (Fsp3) is 0.821. The molecule has 0 aliphatic carbocycles. The van der Waals surface area contributed by atoms with E-state index in [-0.39, 0.29) is 35.8 Å². The van der Waals surface area contributed by atoms with E-state index in [2.05, 4.69) is 27.7 Å². The topological polar surface area (TPSA) is 241 Å². The molecule has 4 rings (SSSR count). The highest BCUT2D eigenvalue weighted by Gasteiger charge is 2.52. The van der Waals surface area contributed by atoms with Crippen LogP contribution in [0.1, 0.15) is 252 Å². The number of hydrogen-bond acceptors (Lipinski definition) is 17. The Morgan fingerprint density at radius 3 is 1.33 bits per heavy atom. The molecule has 1 aromatic carbocycles. The van der Waals surface area contributed by atoms with E-state index >= 15 is 0 Å². The lowest BCUT2D eigenvalue weighted by molar-refractivity contribution is -0.376. The van der Waals surface area contributed by atoms with Crippen LogP contribution in [0.4, 0.5) is 5.69 Å². The van der Waals surface area contributed by atoms with Crippen LogP contribution in [-0.4, -0.2) is 132 Å². The molecule has 2 aliphatic heterocycles. The molecule has 0 radical (unpaired) electrons. The van der Waals surface area contributed by atoms with Gasteiger partial charge in [0.1, 0.15) is 61.5 Å². The summed E-state index contributed by atoms with van der Waals surface area (Å²) in [6.07, 6.45) is 18.2. The van der Waals surface area contributed by atoms with Crippen LogP contribution in [0.15, 0.2) is 33.5 Å². The van der Waals surface area contributed by atoms with Crippen LogP contribution in [0, 0.1) is 11.8 Å². The van der Waals surface area contributed by atoms with Crippen LogP contribution in [0.3, 0.4) is 0 Å². The molecule has 0 unspecified atom stereocenters. The zero-order valence-electron chi connectivity index (χ0n) is 52.6. The van der Waals surface area contributed by atoms with E-state index < -0.39 is 105 Å². The maximum atomic E-state index is 13.9. The predicted octanol–water partition coefficient (Wildman–Crippen LogP) is 12.2. The molecule has 10 atom stereocenters. The average molecular weight is 1190 g/mol. The Labute approximate surface area is 503 Å². The molecule has 0 bridgehead atoms. The van der Waals surface area contributed by atoms with E-state index in [9.17, 15) is 44.7 Å². The van der Waals surface area contributed by atoms with E-state index in [1.807, 2.05) is 19.0 Å². The molecule has 0 saturated carbocycles. The first-order valence-corrected chi connectivity index (χ1v) is 33.2. The summed E-state index contributed by atoms with van der Waals surface area (Å²) in [5.74, 6) is -1.74. The summed E-state index contributed by atoms with van der Waals surface area (Å²) in [5.41, 5.74) is 0.514. The van der Waals surface area contributed by atoms with Gasteiger partial charge < -0.3 is 63.3 Å². The largest absolute Gasteiger partial charge is 0.463 e. The van der Waals surface area contributed by atoms with Crippen LogP contribution >= 0.6 is 0 Å². The van der Waals surface area contributed by atoms with Crippen molar-refractivity contribution in [2.45, 2.75) is 314 Å². The first-order valence-electron chi connectivity index (χ1n) is 33.2. The standard InChI is InChI=1S/C67H113NO16/c1-7-11-15-19-23-27-31-35-48(36-32-28-24-20-16-12-8-2)41-56(69)78-46-54-60(73)62(75)64(77)66(81-54)84-67-65(83-59(72)44-50-43-58(71)80-53-45-51(68(5)6)39-40-52(50)53)63(76)61(74)55(82-67)47-79-57(70)42-49(37-33-29-25-21-17-13-9-3)38-34-30-26-22-18-14-10-4/h39-40,43,45,48-49,54-55,60-67,73-77H,7-38,41-42,44,46-47H2,1-6H3/t54-,55-,60-,61-,62+,63+,64-,65-,66-,67-/m1/s1. The number of fused-ring (bicyclic) bond motifs is 1. The van der Waals surface area contributed by atoms with Crippen molar-refractivity contribution in [2.24, 2.45) is 11.8 Å².